The van der Waals surface area contributed by atoms with Gasteiger partial charge in [0, 0.05) is 12.6 Å². The molecule has 4 heteroatoms. The van der Waals surface area contributed by atoms with E-state index in [4.69, 9.17) is 10.8 Å². The van der Waals surface area contributed by atoms with E-state index < -0.39 is 0 Å². The molecule has 0 aliphatic rings. The number of carbonyl (C=O) groups is 1. The molecule has 1 rings (SSSR count). The normalized spacial score (nSPS) is 9.42. The Morgan fingerprint density at radius 2 is 2.25 bits per heavy atom. The minimum Gasteiger partial charge on any atom is -0.506 e. The van der Waals surface area contributed by atoms with Gasteiger partial charge in [-0.05, 0) is 18.2 Å². The van der Waals surface area contributed by atoms with Gasteiger partial charge < -0.3 is 16.2 Å². The first kappa shape index (κ1) is 8.39. The Kier molecular flexibility index (Phi) is 2.19. The topological polar surface area (TPSA) is 75.3 Å². The van der Waals surface area contributed by atoms with Crippen molar-refractivity contribution in [1.82, 2.24) is 5.32 Å². The molecule has 4 nitrogen and oxygen atoms in total. The van der Waals surface area contributed by atoms with Crippen molar-refractivity contribution in [2.24, 2.45) is 0 Å². The largest absolute Gasteiger partial charge is 0.506 e. The summed E-state index contributed by atoms with van der Waals surface area (Å²) in [5.74, 6) is -0.232. The molecule has 0 saturated heterocycles. The van der Waals surface area contributed by atoms with Gasteiger partial charge in [-0.1, -0.05) is 0 Å². The van der Waals surface area contributed by atoms with E-state index in [0.29, 0.717) is 5.56 Å². The molecule has 0 radical (unpaired) electrons. The smallest absolute Gasteiger partial charge is 0.251 e. The summed E-state index contributed by atoms with van der Waals surface area (Å²) < 4.78 is 0. The van der Waals surface area contributed by atoms with Gasteiger partial charge in [0.2, 0.25) is 0 Å². The van der Waals surface area contributed by atoms with Crippen LogP contribution in [0.5, 0.6) is 5.75 Å². The van der Waals surface area contributed by atoms with Crippen LogP contribution in [0.2, 0.25) is 0 Å². The summed E-state index contributed by atoms with van der Waals surface area (Å²) in [6, 6.07) is 4.32. The van der Waals surface area contributed by atoms with Crippen LogP contribution in [0.4, 0.5) is 5.69 Å². The molecule has 0 fully saturated rings. The van der Waals surface area contributed by atoms with E-state index in [1.807, 2.05) is 0 Å². The molecule has 0 aliphatic heterocycles. The summed E-state index contributed by atoms with van der Waals surface area (Å²) in [6.07, 6.45) is 0. The summed E-state index contributed by atoms with van der Waals surface area (Å²) in [6.45, 7) is 0. The number of nitrogen functional groups attached to an aromatic ring is 1. The monoisotopic (exact) mass is 166 g/mol. The lowest BCUT2D eigenvalue weighted by molar-refractivity contribution is 0.0963. The molecule has 0 aliphatic carbocycles. The highest BCUT2D eigenvalue weighted by Gasteiger charge is 2.04. The zero-order valence-corrected chi connectivity index (χ0v) is 6.66. The van der Waals surface area contributed by atoms with Gasteiger partial charge in [-0.3, -0.25) is 4.79 Å². The Morgan fingerprint density at radius 3 is 2.75 bits per heavy atom. The Hall–Kier alpha value is -1.71. The standard InChI is InChI=1S/C8H10N2O2/c1-10-8(12)5-2-3-7(11)6(9)4-5/h2-4,11H,9H2,1H3,(H,10,12). The van der Waals surface area contributed by atoms with Crippen LogP contribution in [0.25, 0.3) is 0 Å². The highest BCUT2D eigenvalue weighted by atomic mass is 16.3. The SMILES string of the molecule is CNC(=O)c1ccc(O)c(N)c1. The number of phenols is 1. The maximum Gasteiger partial charge on any atom is 0.251 e. The van der Waals surface area contributed by atoms with Gasteiger partial charge in [0.1, 0.15) is 5.75 Å². The van der Waals surface area contributed by atoms with Crippen LogP contribution < -0.4 is 11.1 Å². The van der Waals surface area contributed by atoms with Crippen molar-refractivity contribution in [3.05, 3.63) is 23.8 Å². The van der Waals surface area contributed by atoms with Gasteiger partial charge in [0.25, 0.3) is 5.91 Å². The molecule has 0 unspecified atom stereocenters. The van der Waals surface area contributed by atoms with Crippen LogP contribution in [0.3, 0.4) is 0 Å². The summed E-state index contributed by atoms with van der Waals surface area (Å²) in [7, 11) is 1.53. The summed E-state index contributed by atoms with van der Waals surface area (Å²) in [5.41, 5.74) is 6.03. The number of rotatable bonds is 1. The van der Waals surface area contributed by atoms with Crippen LogP contribution in [0.15, 0.2) is 18.2 Å². The van der Waals surface area contributed by atoms with Crippen molar-refractivity contribution in [3.8, 4) is 5.75 Å². The zero-order valence-electron chi connectivity index (χ0n) is 6.66. The van der Waals surface area contributed by atoms with E-state index in [1.165, 1.54) is 25.2 Å². The minimum absolute atomic E-state index is 0.0114. The average molecular weight is 166 g/mol. The Morgan fingerprint density at radius 1 is 1.58 bits per heavy atom. The lowest BCUT2D eigenvalue weighted by Crippen LogP contribution is -2.17. The van der Waals surface area contributed by atoms with Gasteiger partial charge in [0.05, 0.1) is 5.69 Å². The second-order valence-electron chi connectivity index (χ2n) is 2.35. The number of hydrogen-bond donors (Lipinski definition) is 3. The maximum atomic E-state index is 11.0. The second kappa shape index (κ2) is 3.13. The van der Waals surface area contributed by atoms with E-state index in [9.17, 15) is 4.79 Å². The number of carbonyl (C=O) groups excluding carboxylic acids is 1. The van der Waals surface area contributed by atoms with Crippen molar-refractivity contribution >= 4 is 11.6 Å². The van der Waals surface area contributed by atoms with Crippen molar-refractivity contribution in [2.45, 2.75) is 0 Å². The quantitative estimate of drug-likeness (QED) is 0.416. The van der Waals surface area contributed by atoms with Gasteiger partial charge in [-0.15, -0.1) is 0 Å². The molecule has 64 valence electrons. The molecule has 0 saturated carbocycles. The van der Waals surface area contributed by atoms with Crippen molar-refractivity contribution in [2.75, 3.05) is 12.8 Å². The maximum absolute atomic E-state index is 11.0. The number of anilines is 1. The number of nitrogens with one attached hydrogen (secondary N) is 1. The van der Waals surface area contributed by atoms with Crippen LogP contribution in [0, 0.1) is 0 Å². The molecule has 0 atom stereocenters. The lowest BCUT2D eigenvalue weighted by Gasteiger charge is -2.01. The Labute approximate surface area is 70.0 Å². The number of amides is 1. The number of phenolic OH excluding ortho intramolecular Hbond substituents is 1. The van der Waals surface area contributed by atoms with E-state index in [1.54, 1.807) is 0 Å². The summed E-state index contributed by atoms with van der Waals surface area (Å²) in [5, 5.41) is 11.5. The van der Waals surface area contributed by atoms with Crippen molar-refractivity contribution in [1.29, 1.82) is 0 Å². The minimum atomic E-state index is -0.221. The third-order valence-corrected chi connectivity index (χ3v) is 1.52. The number of nitrogens with two attached hydrogens (primary N) is 1. The molecule has 0 bridgehead atoms. The first-order chi connectivity index (χ1) is 5.65. The highest BCUT2D eigenvalue weighted by Crippen LogP contribution is 2.19. The molecule has 12 heavy (non-hydrogen) atoms. The van der Waals surface area contributed by atoms with Gasteiger partial charge >= 0.3 is 0 Å². The van der Waals surface area contributed by atoms with Gasteiger partial charge in [-0.2, -0.15) is 0 Å². The summed E-state index contributed by atoms with van der Waals surface area (Å²) >= 11 is 0. The van der Waals surface area contributed by atoms with Crippen LogP contribution in [-0.2, 0) is 0 Å². The van der Waals surface area contributed by atoms with Crippen LogP contribution in [-0.4, -0.2) is 18.1 Å². The molecule has 1 aromatic rings. The second-order valence-corrected chi connectivity index (χ2v) is 2.35. The number of hydrogen-bond acceptors (Lipinski definition) is 3. The van der Waals surface area contributed by atoms with E-state index in [0.717, 1.165) is 0 Å². The van der Waals surface area contributed by atoms with Crippen molar-refractivity contribution < 1.29 is 9.90 Å². The molecule has 4 N–H and O–H groups in total. The molecular weight excluding hydrogens is 156 g/mol. The fourth-order valence-corrected chi connectivity index (χ4v) is 0.840. The zero-order chi connectivity index (χ0) is 9.14. The average Bonchev–Trinajstić information content (AvgIpc) is 2.08. The van der Waals surface area contributed by atoms with E-state index in [2.05, 4.69) is 5.32 Å². The lowest BCUT2D eigenvalue weighted by atomic mass is 10.2. The molecule has 1 amide bonds. The number of benzene rings is 1. The summed E-state index contributed by atoms with van der Waals surface area (Å²) in [4.78, 5) is 11.0. The van der Waals surface area contributed by atoms with Gasteiger partial charge in [0.15, 0.2) is 0 Å². The predicted molar refractivity (Wildman–Crippen MR) is 45.9 cm³/mol. The molecular formula is C8H10N2O2. The molecule has 0 heterocycles. The van der Waals surface area contributed by atoms with Crippen molar-refractivity contribution in [3.63, 3.8) is 0 Å². The fourth-order valence-electron chi connectivity index (χ4n) is 0.840. The first-order valence-electron chi connectivity index (χ1n) is 3.45. The molecule has 1 aromatic carbocycles. The first-order valence-corrected chi connectivity index (χ1v) is 3.45. The van der Waals surface area contributed by atoms with Crippen LogP contribution in [0.1, 0.15) is 10.4 Å². The molecule has 0 aromatic heterocycles. The number of aromatic hydroxyl groups is 1. The molecule has 0 spiro atoms. The highest BCUT2D eigenvalue weighted by molar-refractivity contribution is 5.95. The third kappa shape index (κ3) is 1.47. The fraction of sp³-hybridized carbons (Fsp3) is 0.125. The predicted octanol–water partition coefficient (Wildman–Crippen LogP) is 0.334. The van der Waals surface area contributed by atoms with E-state index in [-0.39, 0.29) is 17.3 Å². The Bertz CT molecular complexity index is 310. The van der Waals surface area contributed by atoms with E-state index >= 15 is 0 Å². The Balaban J connectivity index is 3.05. The third-order valence-electron chi connectivity index (χ3n) is 1.52. The van der Waals surface area contributed by atoms with Crippen LogP contribution >= 0.6 is 0 Å². The van der Waals surface area contributed by atoms with Gasteiger partial charge in [-0.25, -0.2) is 0 Å².